The second-order valence-electron chi connectivity index (χ2n) is 13.3. The zero-order valence-corrected chi connectivity index (χ0v) is 32.5. The first-order valence-corrected chi connectivity index (χ1v) is 19.7. The van der Waals surface area contributed by atoms with Gasteiger partial charge in [-0.15, -0.1) is 0 Å². The van der Waals surface area contributed by atoms with Crippen LogP contribution in [0.15, 0.2) is 155 Å². The van der Waals surface area contributed by atoms with Crippen molar-refractivity contribution < 1.29 is 32.7 Å². The summed E-state index contributed by atoms with van der Waals surface area (Å²) >= 11 is 0. The fraction of sp³-hybridized carbons (Fsp3) is 0.298. The number of benzene rings is 4. The second-order valence-corrected chi connectivity index (χ2v) is 13.3. The summed E-state index contributed by atoms with van der Waals surface area (Å²) in [7, 11) is 0. The van der Waals surface area contributed by atoms with Crippen molar-refractivity contribution in [1.82, 2.24) is 0 Å². The van der Waals surface area contributed by atoms with Crippen LogP contribution in [0.3, 0.4) is 0 Å². The Morgan fingerprint density at radius 2 is 1.30 bits per heavy atom. The Labute approximate surface area is 330 Å². The molecule has 5 aromatic rings. The summed E-state index contributed by atoms with van der Waals surface area (Å²) in [6.07, 6.45) is 10.4. The summed E-state index contributed by atoms with van der Waals surface area (Å²) < 4.78 is 37.9. The summed E-state index contributed by atoms with van der Waals surface area (Å²) in [5.74, 6) is 2.38. The maximum Gasteiger partial charge on any atom is 0.374 e. The van der Waals surface area contributed by atoms with Crippen LogP contribution in [0.1, 0.15) is 32.6 Å². The number of aromatic nitrogens is 1. The van der Waals surface area contributed by atoms with Gasteiger partial charge in [0, 0.05) is 37.2 Å². The molecule has 2 aliphatic rings. The first-order chi connectivity index (χ1) is 27.7. The molecule has 290 valence electrons. The molecular weight excluding hydrogens is 703 g/mol. The number of rotatable bonds is 20. The molecule has 0 bridgehead atoms. The number of hydrogen-bond acceptors (Lipinski definition) is 8. The standard InChI is InChI=1S/C47H52N3O6/c1-3-51-33-35-53-31-29-48-41-19-11-13-21-43(41)55-45(48)27-25-37-23-24-38(47(37)50(39-15-7-5-8-16-39)40-17-9-6-10-18-40)26-28-46-49(30-32-54-36-34-52-4-2)42-20-12-14-22-44(42)56-46/h5-22,25-28H,3-4,23-24,29-36H2,1-2H3/q+1. The first-order valence-electron chi connectivity index (χ1n) is 19.7. The maximum absolute atomic E-state index is 6.46. The monoisotopic (exact) mass is 754 g/mol. The topological polar surface area (TPSA) is 69.7 Å². The van der Waals surface area contributed by atoms with E-state index in [1.54, 1.807) is 0 Å². The summed E-state index contributed by atoms with van der Waals surface area (Å²) in [6.45, 7) is 10.1. The van der Waals surface area contributed by atoms with Crippen molar-refractivity contribution in [2.75, 3.05) is 69.2 Å². The van der Waals surface area contributed by atoms with Gasteiger partial charge in [0.15, 0.2) is 12.3 Å². The molecule has 56 heavy (non-hydrogen) atoms. The van der Waals surface area contributed by atoms with Crippen LogP contribution in [-0.4, -0.2) is 59.4 Å². The lowest BCUT2D eigenvalue weighted by Crippen LogP contribution is -2.37. The van der Waals surface area contributed by atoms with E-state index in [1.165, 1.54) is 11.1 Å². The number of ether oxygens (including phenoxy) is 5. The van der Waals surface area contributed by atoms with Gasteiger partial charge in [0.05, 0.1) is 50.5 Å². The maximum atomic E-state index is 6.46. The fourth-order valence-corrected chi connectivity index (χ4v) is 7.08. The third kappa shape index (κ3) is 9.49. The Kier molecular flexibility index (Phi) is 13.8. The van der Waals surface area contributed by atoms with Crippen LogP contribution in [0, 0.1) is 0 Å². The predicted octanol–water partition coefficient (Wildman–Crippen LogP) is 9.39. The van der Waals surface area contributed by atoms with E-state index in [0.29, 0.717) is 65.9 Å². The average Bonchev–Trinajstić information content (AvgIpc) is 3.92. The molecule has 9 heteroatoms. The van der Waals surface area contributed by atoms with E-state index in [-0.39, 0.29) is 0 Å². The summed E-state index contributed by atoms with van der Waals surface area (Å²) in [5, 5.41) is 0. The molecule has 1 aliphatic heterocycles. The largest absolute Gasteiger partial charge is 0.439 e. The van der Waals surface area contributed by atoms with Crippen molar-refractivity contribution in [3.8, 4) is 5.75 Å². The molecule has 0 saturated carbocycles. The van der Waals surface area contributed by atoms with E-state index >= 15 is 0 Å². The number of oxazole rings is 1. The lowest BCUT2D eigenvalue weighted by molar-refractivity contribution is -0.679. The van der Waals surface area contributed by atoms with Crippen molar-refractivity contribution in [3.63, 3.8) is 0 Å². The minimum atomic E-state index is 0.551. The van der Waals surface area contributed by atoms with Gasteiger partial charge in [-0.3, -0.25) is 0 Å². The number of fused-ring (bicyclic) bond motifs is 2. The number of para-hydroxylation sites is 6. The number of anilines is 3. The van der Waals surface area contributed by atoms with Crippen molar-refractivity contribution in [3.05, 3.63) is 156 Å². The van der Waals surface area contributed by atoms with Crippen molar-refractivity contribution in [2.24, 2.45) is 0 Å². The molecule has 1 aliphatic carbocycles. The van der Waals surface area contributed by atoms with Crippen molar-refractivity contribution in [2.45, 2.75) is 33.2 Å². The van der Waals surface area contributed by atoms with E-state index in [9.17, 15) is 0 Å². The predicted molar refractivity (Wildman–Crippen MR) is 222 cm³/mol. The van der Waals surface area contributed by atoms with Crippen LogP contribution >= 0.6 is 0 Å². The summed E-state index contributed by atoms with van der Waals surface area (Å²) in [4.78, 5) is 4.56. The molecule has 4 aromatic carbocycles. The molecule has 0 N–H and O–H groups in total. The Morgan fingerprint density at radius 3 is 2.04 bits per heavy atom. The normalized spacial score (nSPS) is 15.5. The minimum Gasteiger partial charge on any atom is -0.439 e. The lowest BCUT2D eigenvalue weighted by atomic mass is 10.1. The molecule has 0 spiro atoms. The van der Waals surface area contributed by atoms with Gasteiger partial charge in [-0.05, 0) is 92.5 Å². The first kappa shape index (κ1) is 38.8. The lowest BCUT2D eigenvalue weighted by Gasteiger charge is -2.28. The van der Waals surface area contributed by atoms with E-state index < -0.39 is 0 Å². The summed E-state index contributed by atoms with van der Waals surface area (Å²) in [5.41, 5.74) is 8.62. The second kappa shape index (κ2) is 19.9. The van der Waals surface area contributed by atoms with Gasteiger partial charge in [0.2, 0.25) is 11.5 Å². The number of allylic oxidation sites excluding steroid dienone is 5. The molecule has 7 rings (SSSR count). The zero-order valence-electron chi connectivity index (χ0n) is 32.5. The third-order valence-electron chi connectivity index (χ3n) is 9.72. The quantitative estimate of drug-likeness (QED) is 0.0576. The van der Waals surface area contributed by atoms with Gasteiger partial charge in [-0.2, -0.15) is 4.57 Å². The van der Waals surface area contributed by atoms with E-state index in [0.717, 1.165) is 64.2 Å². The van der Waals surface area contributed by atoms with Gasteiger partial charge < -0.3 is 37.9 Å². The molecular formula is C47H52N3O6+. The van der Waals surface area contributed by atoms with E-state index in [2.05, 4.69) is 111 Å². The SMILES string of the molecule is CCOCCOCCN1/C(=C/C=C2\CCC(/C=C/c3oc4ccccc4[n+]3CCOCCOCC)=C2N(c2ccccc2)c2ccccc2)Oc2ccccc21. The highest BCUT2D eigenvalue weighted by Gasteiger charge is 2.29. The number of hydrogen-bond donors (Lipinski definition) is 0. The average molecular weight is 755 g/mol. The Balaban J connectivity index is 1.25. The van der Waals surface area contributed by atoms with E-state index in [1.807, 2.05) is 50.2 Å². The van der Waals surface area contributed by atoms with Crippen LogP contribution in [0.2, 0.25) is 0 Å². The Hall–Kier alpha value is -5.45. The van der Waals surface area contributed by atoms with Gasteiger partial charge in [-0.25, -0.2) is 0 Å². The van der Waals surface area contributed by atoms with Gasteiger partial charge in [-0.1, -0.05) is 66.7 Å². The van der Waals surface area contributed by atoms with Crippen LogP contribution in [0.5, 0.6) is 5.75 Å². The van der Waals surface area contributed by atoms with Crippen molar-refractivity contribution in [1.29, 1.82) is 0 Å². The molecule has 0 atom stereocenters. The fourth-order valence-electron chi connectivity index (χ4n) is 7.08. The molecule has 0 amide bonds. The van der Waals surface area contributed by atoms with Gasteiger partial charge in [0.1, 0.15) is 6.61 Å². The molecule has 0 radical (unpaired) electrons. The zero-order chi connectivity index (χ0) is 38.4. The minimum absolute atomic E-state index is 0.551. The molecule has 0 unspecified atom stereocenters. The van der Waals surface area contributed by atoms with Crippen LogP contribution in [0.4, 0.5) is 17.1 Å². The Bertz CT molecular complexity index is 2100. The van der Waals surface area contributed by atoms with E-state index in [4.69, 9.17) is 28.1 Å². The molecule has 9 nitrogen and oxygen atoms in total. The highest BCUT2D eigenvalue weighted by molar-refractivity contribution is 5.75. The third-order valence-corrected chi connectivity index (χ3v) is 9.72. The molecule has 1 aromatic heterocycles. The van der Waals surface area contributed by atoms with Crippen LogP contribution < -0.4 is 19.1 Å². The molecule has 2 heterocycles. The van der Waals surface area contributed by atoms with Gasteiger partial charge in [0.25, 0.3) is 5.52 Å². The highest BCUT2D eigenvalue weighted by Crippen LogP contribution is 2.43. The van der Waals surface area contributed by atoms with Crippen LogP contribution in [-0.2, 0) is 25.5 Å². The van der Waals surface area contributed by atoms with Crippen LogP contribution in [0.25, 0.3) is 17.2 Å². The van der Waals surface area contributed by atoms with Crippen molar-refractivity contribution >= 4 is 34.2 Å². The van der Waals surface area contributed by atoms with Gasteiger partial charge >= 0.3 is 5.89 Å². The number of nitrogens with zero attached hydrogens (tertiary/aromatic N) is 3. The highest BCUT2D eigenvalue weighted by atomic mass is 16.5. The smallest absolute Gasteiger partial charge is 0.374 e. The summed E-state index contributed by atoms with van der Waals surface area (Å²) in [6, 6.07) is 37.5. The molecule has 0 fully saturated rings. The Morgan fingerprint density at radius 1 is 0.661 bits per heavy atom. The molecule has 0 saturated heterocycles.